The first-order valence-corrected chi connectivity index (χ1v) is 12.5. The minimum Gasteiger partial charge on any atom is -0.497 e. The van der Waals surface area contributed by atoms with Gasteiger partial charge in [0.2, 0.25) is 15.9 Å². The molecule has 1 aliphatic heterocycles. The highest BCUT2D eigenvalue weighted by atomic mass is 32.2. The molecule has 0 spiro atoms. The standard InChI is InChI=1S/C21H24N4O6S2/c1-12-19(13(2)31-24-12)33(27,28)25-9-5-6-17(25)20(26)23-21-22-16(11-32-21)15-10-14(29-3)7-8-18(15)30-4/h7-8,10-11,17H,5-6,9H2,1-4H3,(H,22,23,26)/t17-/m0/s1. The van der Waals surface area contributed by atoms with Gasteiger partial charge in [-0.05, 0) is 44.9 Å². The molecule has 0 bridgehead atoms. The van der Waals surface area contributed by atoms with Crippen LogP contribution in [0.15, 0.2) is 33.0 Å². The van der Waals surface area contributed by atoms with Crippen molar-refractivity contribution in [3.63, 3.8) is 0 Å². The summed E-state index contributed by atoms with van der Waals surface area (Å²) in [5.74, 6) is 1.04. The molecule has 4 rings (SSSR count). The monoisotopic (exact) mass is 492 g/mol. The highest BCUT2D eigenvalue weighted by Crippen LogP contribution is 2.35. The van der Waals surface area contributed by atoms with Gasteiger partial charge in [0.25, 0.3) is 0 Å². The van der Waals surface area contributed by atoms with Crippen molar-refractivity contribution in [3.8, 4) is 22.8 Å². The summed E-state index contributed by atoms with van der Waals surface area (Å²) in [5.41, 5.74) is 1.60. The lowest BCUT2D eigenvalue weighted by Crippen LogP contribution is -2.43. The van der Waals surface area contributed by atoms with Crippen LogP contribution in [0.3, 0.4) is 0 Å². The van der Waals surface area contributed by atoms with Crippen LogP contribution in [0.25, 0.3) is 11.3 Å². The van der Waals surface area contributed by atoms with E-state index in [1.807, 2.05) is 0 Å². The number of anilines is 1. The second kappa shape index (κ2) is 9.12. The number of hydrogen-bond donors (Lipinski definition) is 1. The molecule has 1 amide bonds. The number of methoxy groups -OCH3 is 2. The van der Waals surface area contributed by atoms with E-state index in [0.29, 0.717) is 35.2 Å². The summed E-state index contributed by atoms with van der Waals surface area (Å²) in [6.45, 7) is 3.36. The lowest BCUT2D eigenvalue weighted by molar-refractivity contribution is -0.119. The predicted octanol–water partition coefficient (Wildman–Crippen LogP) is 3.22. The molecule has 3 aromatic rings. The number of aryl methyl sites for hydroxylation is 2. The summed E-state index contributed by atoms with van der Waals surface area (Å²) >= 11 is 1.24. The first kappa shape index (κ1) is 23.2. The number of aromatic nitrogens is 2. The number of benzene rings is 1. The van der Waals surface area contributed by atoms with Gasteiger partial charge in [0.05, 0.1) is 19.9 Å². The third-order valence-corrected chi connectivity index (χ3v) is 8.37. The summed E-state index contributed by atoms with van der Waals surface area (Å²) < 4.78 is 43.4. The number of carbonyl (C=O) groups is 1. The quantitative estimate of drug-likeness (QED) is 0.533. The molecule has 33 heavy (non-hydrogen) atoms. The molecule has 10 nitrogen and oxygen atoms in total. The molecule has 1 atom stereocenters. The number of sulfonamides is 1. The van der Waals surface area contributed by atoms with Crippen molar-refractivity contribution in [2.24, 2.45) is 0 Å². The van der Waals surface area contributed by atoms with Gasteiger partial charge >= 0.3 is 0 Å². The Balaban J connectivity index is 1.55. The average molecular weight is 493 g/mol. The summed E-state index contributed by atoms with van der Waals surface area (Å²) in [4.78, 5) is 17.6. The second-order valence-corrected chi connectivity index (χ2v) is 10.2. The van der Waals surface area contributed by atoms with Gasteiger partial charge in [-0.3, -0.25) is 4.79 Å². The molecular weight excluding hydrogens is 468 g/mol. The Bertz CT molecular complexity index is 1260. The zero-order chi connectivity index (χ0) is 23.8. The molecule has 0 unspecified atom stereocenters. The van der Waals surface area contributed by atoms with E-state index < -0.39 is 22.0 Å². The van der Waals surface area contributed by atoms with Crippen LogP contribution in [-0.4, -0.2) is 55.6 Å². The third-order valence-electron chi connectivity index (χ3n) is 5.46. The maximum Gasteiger partial charge on any atom is 0.249 e. The molecule has 1 fully saturated rings. The summed E-state index contributed by atoms with van der Waals surface area (Å²) in [6, 6.07) is 4.52. The minimum atomic E-state index is -3.93. The van der Waals surface area contributed by atoms with Crippen LogP contribution in [0.5, 0.6) is 11.5 Å². The number of carbonyl (C=O) groups excluding carboxylic acids is 1. The Morgan fingerprint density at radius 2 is 2.06 bits per heavy atom. The number of hydrogen-bond acceptors (Lipinski definition) is 9. The highest BCUT2D eigenvalue weighted by molar-refractivity contribution is 7.89. The van der Waals surface area contributed by atoms with E-state index in [0.717, 1.165) is 5.56 Å². The lowest BCUT2D eigenvalue weighted by Gasteiger charge is -2.22. The SMILES string of the molecule is COc1ccc(OC)c(-c2csc(NC(=O)[C@@H]3CCCN3S(=O)(=O)c3c(C)noc3C)n2)c1. The van der Waals surface area contributed by atoms with Crippen molar-refractivity contribution in [1.82, 2.24) is 14.4 Å². The van der Waals surface area contributed by atoms with Gasteiger partial charge in [-0.1, -0.05) is 5.16 Å². The molecule has 3 heterocycles. The van der Waals surface area contributed by atoms with E-state index in [2.05, 4.69) is 15.5 Å². The summed E-state index contributed by atoms with van der Waals surface area (Å²) in [5, 5.41) is 8.66. The van der Waals surface area contributed by atoms with Gasteiger partial charge in [0.15, 0.2) is 10.9 Å². The van der Waals surface area contributed by atoms with Crippen molar-refractivity contribution in [2.75, 3.05) is 26.1 Å². The topological polar surface area (TPSA) is 124 Å². The average Bonchev–Trinajstić information content (AvgIpc) is 3.53. The van der Waals surface area contributed by atoms with Gasteiger partial charge in [-0.25, -0.2) is 13.4 Å². The molecule has 1 N–H and O–H groups in total. The van der Waals surface area contributed by atoms with Crippen LogP contribution >= 0.6 is 11.3 Å². The van der Waals surface area contributed by atoms with E-state index >= 15 is 0 Å². The Morgan fingerprint density at radius 1 is 1.27 bits per heavy atom. The number of ether oxygens (including phenoxy) is 2. The zero-order valence-corrected chi connectivity index (χ0v) is 20.2. The van der Waals surface area contributed by atoms with E-state index in [-0.39, 0.29) is 22.9 Å². The minimum absolute atomic E-state index is 0.0175. The van der Waals surface area contributed by atoms with Gasteiger partial charge in [0.1, 0.15) is 28.1 Å². The predicted molar refractivity (Wildman–Crippen MR) is 122 cm³/mol. The molecule has 2 aromatic heterocycles. The first-order chi connectivity index (χ1) is 15.8. The Hall–Kier alpha value is -2.96. The normalized spacial score (nSPS) is 16.7. The molecule has 176 valence electrons. The number of amides is 1. The molecule has 0 aliphatic carbocycles. The Kier molecular flexibility index (Phi) is 6.41. The number of nitrogens with zero attached hydrogens (tertiary/aromatic N) is 3. The van der Waals surface area contributed by atoms with Gasteiger partial charge < -0.3 is 19.3 Å². The van der Waals surface area contributed by atoms with Crippen molar-refractivity contribution >= 4 is 32.4 Å². The molecule has 1 saturated heterocycles. The van der Waals surface area contributed by atoms with E-state index in [9.17, 15) is 13.2 Å². The molecular formula is C21H24N4O6S2. The Morgan fingerprint density at radius 3 is 2.73 bits per heavy atom. The van der Waals surface area contributed by atoms with E-state index in [1.165, 1.54) is 15.6 Å². The fourth-order valence-electron chi connectivity index (χ4n) is 3.91. The second-order valence-electron chi connectivity index (χ2n) is 7.52. The third kappa shape index (κ3) is 4.33. The van der Waals surface area contributed by atoms with E-state index in [1.54, 1.807) is 51.6 Å². The zero-order valence-electron chi connectivity index (χ0n) is 18.6. The maximum atomic E-state index is 13.2. The van der Waals surface area contributed by atoms with Crippen LogP contribution in [-0.2, 0) is 14.8 Å². The van der Waals surface area contributed by atoms with Crippen molar-refractivity contribution < 1.29 is 27.2 Å². The fraction of sp³-hybridized carbons (Fsp3) is 0.381. The van der Waals surface area contributed by atoms with Crippen LogP contribution in [0.4, 0.5) is 5.13 Å². The van der Waals surface area contributed by atoms with Gasteiger partial charge in [0, 0.05) is 17.5 Å². The largest absolute Gasteiger partial charge is 0.497 e. The lowest BCUT2D eigenvalue weighted by atomic mass is 10.1. The highest BCUT2D eigenvalue weighted by Gasteiger charge is 2.42. The molecule has 12 heteroatoms. The van der Waals surface area contributed by atoms with E-state index in [4.69, 9.17) is 14.0 Å². The summed E-state index contributed by atoms with van der Waals surface area (Å²) in [7, 11) is -0.793. The Labute approximate surface area is 195 Å². The molecule has 0 radical (unpaired) electrons. The van der Waals surface area contributed by atoms with Crippen LogP contribution in [0.1, 0.15) is 24.3 Å². The van der Waals surface area contributed by atoms with Crippen molar-refractivity contribution in [3.05, 3.63) is 35.0 Å². The number of nitrogens with one attached hydrogen (secondary N) is 1. The number of thiazole rings is 1. The van der Waals surface area contributed by atoms with Crippen molar-refractivity contribution in [1.29, 1.82) is 0 Å². The van der Waals surface area contributed by atoms with Gasteiger partial charge in [-0.15, -0.1) is 11.3 Å². The van der Waals surface area contributed by atoms with Crippen LogP contribution < -0.4 is 14.8 Å². The molecule has 0 saturated carbocycles. The smallest absolute Gasteiger partial charge is 0.249 e. The number of rotatable bonds is 7. The molecule has 1 aliphatic rings. The maximum absolute atomic E-state index is 13.2. The van der Waals surface area contributed by atoms with Crippen LogP contribution in [0.2, 0.25) is 0 Å². The fourth-order valence-corrected chi connectivity index (χ4v) is 6.57. The summed E-state index contributed by atoms with van der Waals surface area (Å²) in [6.07, 6.45) is 0.987. The van der Waals surface area contributed by atoms with Gasteiger partial charge in [-0.2, -0.15) is 4.31 Å². The van der Waals surface area contributed by atoms with Crippen LogP contribution in [0, 0.1) is 13.8 Å². The van der Waals surface area contributed by atoms with Crippen molar-refractivity contribution in [2.45, 2.75) is 37.6 Å². The molecule has 1 aromatic carbocycles. The first-order valence-electron chi connectivity index (χ1n) is 10.2.